The molecular weight excluding hydrogens is 350 g/mol. The fraction of sp³-hybridized carbons (Fsp3) is 0.125. The highest BCUT2D eigenvalue weighted by Crippen LogP contribution is 2.27. The van der Waals surface area contributed by atoms with E-state index in [-0.39, 0.29) is 11.2 Å². The third-order valence-electron chi connectivity index (χ3n) is 3.10. The number of hydrogen-bond acceptors (Lipinski definition) is 4. The summed E-state index contributed by atoms with van der Waals surface area (Å²) in [4.78, 5) is 20.8. The lowest BCUT2D eigenvalue weighted by molar-refractivity contribution is -0.115. The van der Waals surface area contributed by atoms with Crippen LogP contribution in [0.15, 0.2) is 52.9 Å². The van der Waals surface area contributed by atoms with E-state index in [1.807, 2.05) is 54.9 Å². The molecule has 7 heteroatoms. The van der Waals surface area contributed by atoms with Crippen LogP contribution in [0.5, 0.6) is 0 Å². The Hall–Kier alpha value is -1.76. The number of H-pyrrole nitrogens is 1. The van der Waals surface area contributed by atoms with Gasteiger partial charge in [-0.1, -0.05) is 11.6 Å². The number of carbonyl (C=O) groups is 1. The van der Waals surface area contributed by atoms with Crippen LogP contribution in [0.25, 0.3) is 11.4 Å². The number of halogens is 1. The Bertz CT molecular complexity index is 784. The van der Waals surface area contributed by atoms with Gasteiger partial charge < -0.3 is 10.3 Å². The summed E-state index contributed by atoms with van der Waals surface area (Å²) in [5.41, 5.74) is 1.76. The van der Waals surface area contributed by atoms with Crippen molar-refractivity contribution < 1.29 is 4.79 Å². The topological polar surface area (TPSA) is 57.8 Å². The summed E-state index contributed by atoms with van der Waals surface area (Å²) in [5, 5.41) is 5.84. The maximum Gasteiger partial charge on any atom is 0.239 e. The molecule has 1 amide bonds. The van der Waals surface area contributed by atoms with Crippen LogP contribution >= 0.6 is 34.7 Å². The number of aromatic nitrogens is 2. The molecule has 23 heavy (non-hydrogen) atoms. The van der Waals surface area contributed by atoms with Crippen LogP contribution in [-0.4, -0.2) is 21.1 Å². The van der Waals surface area contributed by atoms with Crippen LogP contribution in [0.4, 0.5) is 5.13 Å². The maximum absolute atomic E-state index is 12.3. The van der Waals surface area contributed by atoms with E-state index in [0.717, 1.165) is 16.3 Å². The number of benzene rings is 1. The second-order valence-electron chi connectivity index (χ2n) is 4.82. The molecule has 4 nitrogen and oxygen atoms in total. The molecule has 2 aromatic heterocycles. The summed E-state index contributed by atoms with van der Waals surface area (Å²) >= 11 is 8.76. The SMILES string of the molecule is C[C@H](Sc1ccc(Cl)cc1)C(=O)Nc1nc(-c2ccc[nH]2)cs1. The van der Waals surface area contributed by atoms with Crippen LogP contribution in [0.1, 0.15) is 6.92 Å². The largest absolute Gasteiger partial charge is 0.360 e. The highest BCUT2D eigenvalue weighted by atomic mass is 35.5. The maximum atomic E-state index is 12.3. The number of hydrogen-bond donors (Lipinski definition) is 2. The van der Waals surface area contributed by atoms with Gasteiger partial charge in [0.1, 0.15) is 0 Å². The average molecular weight is 364 g/mol. The molecule has 0 saturated heterocycles. The molecule has 0 aliphatic carbocycles. The molecule has 118 valence electrons. The number of nitrogens with zero attached hydrogens (tertiary/aromatic N) is 1. The molecule has 0 unspecified atom stereocenters. The number of thioether (sulfide) groups is 1. The Morgan fingerprint density at radius 3 is 2.83 bits per heavy atom. The minimum absolute atomic E-state index is 0.0719. The van der Waals surface area contributed by atoms with Gasteiger partial charge in [-0.15, -0.1) is 23.1 Å². The molecule has 3 rings (SSSR count). The van der Waals surface area contributed by atoms with Gasteiger partial charge in [0, 0.05) is 21.5 Å². The van der Waals surface area contributed by atoms with Gasteiger partial charge in [0.15, 0.2) is 5.13 Å². The number of nitrogens with one attached hydrogen (secondary N) is 2. The van der Waals surface area contributed by atoms with Gasteiger partial charge >= 0.3 is 0 Å². The fourth-order valence-electron chi connectivity index (χ4n) is 1.92. The molecular formula is C16H14ClN3OS2. The third-order valence-corrected chi connectivity index (χ3v) is 5.23. The smallest absolute Gasteiger partial charge is 0.239 e. The lowest BCUT2D eigenvalue weighted by Gasteiger charge is -2.10. The Morgan fingerprint density at radius 1 is 1.35 bits per heavy atom. The number of thiazole rings is 1. The summed E-state index contributed by atoms with van der Waals surface area (Å²) in [6.45, 7) is 1.87. The van der Waals surface area contributed by atoms with Crippen molar-refractivity contribution >= 4 is 45.7 Å². The summed E-state index contributed by atoms with van der Waals surface area (Å²) in [6.07, 6.45) is 1.85. The molecule has 0 fully saturated rings. The van der Waals surface area contributed by atoms with Crippen LogP contribution in [0, 0.1) is 0 Å². The monoisotopic (exact) mass is 363 g/mol. The van der Waals surface area contributed by atoms with Crippen LogP contribution in [-0.2, 0) is 4.79 Å². The molecule has 0 spiro atoms. The van der Waals surface area contributed by atoms with E-state index in [0.29, 0.717) is 10.2 Å². The van der Waals surface area contributed by atoms with Gasteiger partial charge in [-0.3, -0.25) is 4.79 Å². The lowest BCUT2D eigenvalue weighted by atomic mass is 10.3. The Morgan fingerprint density at radius 2 is 2.13 bits per heavy atom. The zero-order chi connectivity index (χ0) is 16.2. The van der Waals surface area contributed by atoms with Gasteiger partial charge in [0.25, 0.3) is 0 Å². The highest BCUT2D eigenvalue weighted by Gasteiger charge is 2.16. The molecule has 1 atom stereocenters. The third kappa shape index (κ3) is 4.16. The Kier molecular flexibility index (Phi) is 5.05. The first-order valence-electron chi connectivity index (χ1n) is 6.94. The minimum Gasteiger partial charge on any atom is -0.360 e. The van der Waals surface area contributed by atoms with Crippen LogP contribution in [0.3, 0.4) is 0 Å². The Labute approximate surface area is 147 Å². The molecule has 0 radical (unpaired) electrons. The predicted octanol–water partition coefficient (Wildman–Crippen LogP) is 4.91. The first-order chi connectivity index (χ1) is 11.1. The molecule has 0 aliphatic heterocycles. The molecule has 0 saturated carbocycles. The summed E-state index contributed by atoms with van der Waals surface area (Å²) in [7, 11) is 0. The minimum atomic E-state index is -0.228. The number of carbonyl (C=O) groups excluding carboxylic acids is 1. The molecule has 3 aromatic rings. The van der Waals surface area contributed by atoms with Gasteiger partial charge in [-0.25, -0.2) is 4.98 Å². The fourth-order valence-corrected chi connectivity index (χ4v) is 3.63. The molecule has 0 bridgehead atoms. The van der Waals surface area contributed by atoms with E-state index in [2.05, 4.69) is 15.3 Å². The number of anilines is 1. The van der Waals surface area contributed by atoms with E-state index in [4.69, 9.17) is 11.6 Å². The van der Waals surface area contributed by atoms with Crippen LogP contribution < -0.4 is 5.32 Å². The van der Waals surface area contributed by atoms with Crippen molar-refractivity contribution in [1.29, 1.82) is 0 Å². The lowest BCUT2D eigenvalue weighted by Crippen LogP contribution is -2.22. The highest BCUT2D eigenvalue weighted by molar-refractivity contribution is 8.00. The zero-order valence-corrected chi connectivity index (χ0v) is 14.6. The van der Waals surface area contributed by atoms with E-state index in [1.54, 1.807) is 0 Å². The van der Waals surface area contributed by atoms with Crippen molar-refractivity contribution in [3.63, 3.8) is 0 Å². The van der Waals surface area contributed by atoms with Gasteiger partial charge in [-0.2, -0.15) is 0 Å². The van der Waals surface area contributed by atoms with Crippen molar-refractivity contribution in [1.82, 2.24) is 9.97 Å². The first kappa shape index (κ1) is 16.1. The van der Waals surface area contributed by atoms with Crippen molar-refractivity contribution in [2.45, 2.75) is 17.1 Å². The number of rotatable bonds is 5. The van der Waals surface area contributed by atoms with Gasteiger partial charge in [0.2, 0.25) is 5.91 Å². The van der Waals surface area contributed by atoms with Crippen molar-refractivity contribution in [2.75, 3.05) is 5.32 Å². The van der Waals surface area contributed by atoms with Crippen molar-refractivity contribution in [3.8, 4) is 11.4 Å². The normalized spacial score (nSPS) is 12.1. The standard InChI is InChI=1S/C16H14ClN3OS2/c1-10(23-12-6-4-11(17)5-7-12)15(21)20-16-19-14(9-22-16)13-3-2-8-18-13/h2-10,18H,1H3,(H,19,20,21)/t10-/m0/s1. The first-order valence-corrected chi connectivity index (χ1v) is 9.08. The van der Waals surface area contributed by atoms with Crippen molar-refractivity contribution in [2.24, 2.45) is 0 Å². The van der Waals surface area contributed by atoms with E-state index in [1.165, 1.54) is 23.1 Å². The molecule has 2 heterocycles. The van der Waals surface area contributed by atoms with E-state index >= 15 is 0 Å². The molecule has 1 aromatic carbocycles. The second kappa shape index (κ2) is 7.21. The average Bonchev–Trinajstić information content (AvgIpc) is 3.20. The second-order valence-corrected chi connectivity index (χ2v) is 7.53. The summed E-state index contributed by atoms with van der Waals surface area (Å²) in [5.74, 6) is -0.0719. The zero-order valence-electron chi connectivity index (χ0n) is 12.2. The van der Waals surface area contributed by atoms with E-state index < -0.39 is 0 Å². The predicted molar refractivity (Wildman–Crippen MR) is 97.3 cm³/mol. The summed E-state index contributed by atoms with van der Waals surface area (Å²) < 4.78 is 0. The van der Waals surface area contributed by atoms with Crippen LogP contribution in [0.2, 0.25) is 5.02 Å². The van der Waals surface area contributed by atoms with E-state index in [9.17, 15) is 4.79 Å². The number of amides is 1. The van der Waals surface area contributed by atoms with Gasteiger partial charge in [0.05, 0.1) is 16.6 Å². The quantitative estimate of drug-likeness (QED) is 0.633. The van der Waals surface area contributed by atoms with Crippen molar-refractivity contribution in [3.05, 3.63) is 53.0 Å². The number of aromatic amines is 1. The summed E-state index contributed by atoms with van der Waals surface area (Å²) in [6, 6.07) is 11.3. The molecule has 2 N–H and O–H groups in total. The van der Waals surface area contributed by atoms with Gasteiger partial charge in [-0.05, 0) is 43.3 Å². The Balaban J connectivity index is 1.61. The molecule has 0 aliphatic rings.